The summed E-state index contributed by atoms with van der Waals surface area (Å²) < 4.78 is 23.2. The van der Waals surface area contributed by atoms with Gasteiger partial charge in [0.05, 0.1) is 0 Å². The van der Waals surface area contributed by atoms with Crippen LogP contribution in [0.25, 0.3) is 0 Å². The minimum Gasteiger partial charge on any atom is -0.195 e. The molecule has 0 atom stereocenters. The molecular formula is C12H18ClNO2S. The van der Waals surface area contributed by atoms with Crippen molar-refractivity contribution in [3.63, 3.8) is 0 Å². The van der Waals surface area contributed by atoms with Gasteiger partial charge in [0.2, 0.25) is 0 Å². The summed E-state index contributed by atoms with van der Waals surface area (Å²) in [6.07, 6.45) is 0. The van der Waals surface area contributed by atoms with E-state index in [1.54, 1.807) is 0 Å². The number of hydrogen-bond acceptors (Lipinski definition) is 2. The Morgan fingerprint density at radius 2 is 1.65 bits per heavy atom. The Balaban J connectivity index is 2.83. The second kappa shape index (κ2) is 4.96. The Kier molecular flexibility index (Phi) is 4.23. The van der Waals surface area contributed by atoms with E-state index in [1.807, 2.05) is 24.3 Å². The molecule has 0 saturated carbocycles. The Morgan fingerprint density at radius 3 is 2.00 bits per heavy atom. The predicted octanol–water partition coefficient (Wildman–Crippen LogP) is 2.90. The molecule has 0 aliphatic rings. The molecule has 0 N–H and O–H groups in total. The third-order valence-electron chi connectivity index (χ3n) is 2.60. The van der Waals surface area contributed by atoms with Gasteiger partial charge in [0, 0.05) is 24.3 Å². The molecule has 1 aromatic carbocycles. The monoisotopic (exact) mass is 275 g/mol. The fourth-order valence-corrected chi connectivity index (χ4v) is 1.89. The summed E-state index contributed by atoms with van der Waals surface area (Å²) in [7, 11) is 3.06. The van der Waals surface area contributed by atoms with E-state index < -0.39 is 9.24 Å². The highest BCUT2D eigenvalue weighted by atomic mass is 35.7. The number of nitrogens with zero attached hydrogens (tertiary/aromatic N) is 1. The lowest BCUT2D eigenvalue weighted by molar-refractivity contribution is 0.480. The van der Waals surface area contributed by atoms with E-state index in [0.717, 1.165) is 9.87 Å². The summed E-state index contributed by atoms with van der Waals surface area (Å²) in [5.74, 6) is 0. The van der Waals surface area contributed by atoms with Gasteiger partial charge in [-0.2, -0.15) is 12.7 Å². The normalized spacial score (nSPS) is 13.1. The molecule has 0 aliphatic heterocycles. The molecule has 0 aromatic heterocycles. The van der Waals surface area contributed by atoms with Crippen LogP contribution in [0.3, 0.4) is 0 Å². The van der Waals surface area contributed by atoms with Crippen LogP contribution < -0.4 is 0 Å². The Labute approximate surface area is 108 Å². The molecule has 5 heteroatoms. The summed E-state index contributed by atoms with van der Waals surface area (Å²) in [6.45, 7) is 6.70. The van der Waals surface area contributed by atoms with Crippen molar-refractivity contribution in [1.82, 2.24) is 4.31 Å². The first-order valence-electron chi connectivity index (χ1n) is 5.36. The summed E-state index contributed by atoms with van der Waals surface area (Å²) in [6, 6.07) is 7.90. The van der Waals surface area contributed by atoms with Crippen molar-refractivity contribution in [3.05, 3.63) is 35.4 Å². The second-order valence-corrected chi connectivity index (χ2v) is 7.76. The SMILES string of the molecule is CN(Cc1ccc(C(C)(C)C)cc1)S(=O)(=O)Cl. The van der Waals surface area contributed by atoms with Crippen LogP contribution >= 0.6 is 10.7 Å². The largest absolute Gasteiger partial charge is 0.299 e. The third kappa shape index (κ3) is 4.30. The smallest absolute Gasteiger partial charge is 0.195 e. The van der Waals surface area contributed by atoms with Crippen LogP contribution in [-0.4, -0.2) is 19.8 Å². The highest BCUT2D eigenvalue weighted by Crippen LogP contribution is 2.22. The van der Waals surface area contributed by atoms with E-state index in [2.05, 4.69) is 20.8 Å². The topological polar surface area (TPSA) is 37.4 Å². The van der Waals surface area contributed by atoms with Gasteiger partial charge in [-0.1, -0.05) is 45.0 Å². The van der Waals surface area contributed by atoms with Gasteiger partial charge in [-0.15, -0.1) is 0 Å². The highest BCUT2D eigenvalue weighted by Gasteiger charge is 2.15. The van der Waals surface area contributed by atoms with E-state index in [-0.39, 0.29) is 12.0 Å². The number of hydrogen-bond donors (Lipinski definition) is 0. The van der Waals surface area contributed by atoms with E-state index in [9.17, 15) is 8.42 Å². The number of rotatable bonds is 3. The molecule has 1 rings (SSSR count). The van der Waals surface area contributed by atoms with Crippen molar-refractivity contribution < 1.29 is 8.42 Å². The van der Waals surface area contributed by atoms with Crippen LogP contribution in [0.1, 0.15) is 31.9 Å². The zero-order valence-corrected chi connectivity index (χ0v) is 12.1. The minimum atomic E-state index is -3.63. The Hall–Kier alpha value is -0.580. The van der Waals surface area contributed by atoms with E-state index in [0.29, 0.717) is 0 Å². The van der Waals surface area contributed by atoms with E-state index in [4.69, 9.17) is 10.7 Å². The molecule has 0 fully saturated rings. The average molecular weight is 276 g/mol. The van der Waals surface area contributed by atoms with Gasteiger partial charge < -0.3 is 0 Å². The highest BCUT2D eigenvalue weighted by molar-refractivity contribution is 8.11. The lowest BCUT2D eigenvalue weighted by Crippen LogP contribution is -2.21. The molecule has 1 aromatic rings. The standard InChI is InChI=1S/C12H18ClNO2S/c1-12(2,3)11-7-5-10(6-8-11)9-14(4)17(13,15)16/h5-8H,9H2,1-4H3. The first-order valence-corrected chi connectivity index (χ1v) is 7.62. The molecule has 0 heterocycles. The van der Waals surface area contributed by atoms with Gasteiger partial charge in [0.1, 0.15) is 0 Å². The summed E-state index contributed by atoms with van der Waals surface area (Å²) in [5, 5.41) is 0. The maximum atomic E-state index is 11.1. The summed E-state index contributed by atoms with van der Waals surface area (Å²) >= 11 is 0. The summed E-state index contributed by atoms with van der Waals surface area (Å²) in [4.78, 5) is 0. The average Bonchev–Trinajstić information content (AvgIpc) is 2.15. The molecule has 0 spiro atoms. The molecule has 0 aliphatic carbocycles. The van der Waals surface area contributed by atoms with Gasteiger partial charge in [0.15, 0.2) is 0 Å². The van der Waals surface area contributed by atoms with Crippen LogP contribution in [0.15, 0.2) is 24.3 Å². The fourth-order valence-electron chi connectivity index (χ4n) is 1.44. The molecule has 96 valence electrons. The molecule has 0 bridgehead atoms. The second-order valence-electron chi connectivity index (χ2n) is 5.15. The molecular weight excluding hydrogens is 258 g/mol. The van der Waals surface area contributed by atoms with E-state index >= 15 is 0 Å². The first kappa shape index (κ1) is 14.5. The molecule has 17 heavy (non-hydrogen) atoms. The van der Waals surface area contributed by atoms with Crippen molar-refractivity contribution in [2.45, 2.75) is 32.7 Å². The third-order valence-corrected chi connectivity index (χ3v) is 4.18. The molecule has 0 saturated heterocycles. The zero-order valence-electron chi connectivity index (χ0n) is 10.6. The van der Waals surface area contributed by atoms with Crippen LogP contribution in [0.2, 0.25) is 0 Å². The minimum absolute atomic E-state index is 0.100. The van der Waals surface area contributed by atoms with Gasteiger partial charge in [-0.3, -0.25) is 0 Å². The molecule has 0 unspecified atom stereocenters. The quantitative estimate of drug-likeness (QED) is 0.796. The Morgan fingerprint density at radius 1 is 1.18 bits per heavy atom. The first-order chi connectivity index (χ1) is 7.60. The molecule has 0 amide bonds. The van der Waals surface area contributed by atoms with Gasteiger partial charge in [-0.25, -0.2) is 0 Å². The molecule has 3 nitrogen and oxygen atoms in total. The fraction of sp³-hybridized carbons (Fsp3) is 0.500. The lowest BCUT2D eigenvalue weighted by Gasteiger charge is -2.19. The van der Waals surface area contributed by atoms with E-state index in [1.165, 1.54) is 12.6 Å². The predicted molar refractivity (Wildman–Crippen MR) is 71.4 cm³/mol. The van der Waals surface area contributed by atoms with Crippen LogP contribution in [0, 0.1) is 0 Å². The van der Waals surface area contributed by atoms with Crippen molar-refractivity contribution in [1.29, 1.82) is 0 Å². The maximum absolute atomic E-state index is 11.1. The molecule has 0 radical (unpaired) electrons. The maximum Gasteiger partial charge on any atom is 0.299 e. The van der Waals surface area contributed by atoms with Crippen LogP contribution in [0.5, 0.6) is 0 Å². The lowest BCUT2D eigenvalue weighted by atomic mass is 9.87. The van der Waals surface area contributed by atoms with Crippen LogP contribution in [0.4, 0.5) is 0 Å². The zero-order chi connectivity index (χ0) is 13.3. The number of halogens is 1. The Bertz CT molecular complexity index is 474. The van der Waals surface area contributed by atoms with Gasteiger partial charge in [-0.05, 0) is 16.5 Å². The van der Waals surface area contributed by atoms with Gasteiger partial charge >= 0.3 is 0 Å². The van der Waals surface area contributed by atoms with Gasteiger partial charge in [0.25, 0.3) is 9.24 Å². The van der Waals surface area contributed by atoms with Crippen LogP contribution in [-0.2, 0) is 21.2 Å². The van der Waals surface area contributed by atoms with Crippen molar-refractivity contribution in [3.8, 4) is 0 Å². The van der Waals surface area contributed by atoms with Crippen molar-refractivity contribution >= 4 is 19.9 Å². The number of benzene rings is 1. The van der Waals surface area contributed by atoms with Crippen molar-refractivity contribution in [2.24, 2.45) is 0 Å². The summed E-state index contributed by atoms with van der Waals surface area (Å²) in [5.41, 5.74) is 2.24. The van der Waals surface area contributed by atoms with Crippen molar-refractivity contribution in [2.75, 3.05) is 7.05 Å².